The zero-order valence-electron chi connectivity index (χ0n) is 18.0. The number of hydrogen-bond donors (Lipinski definition) is 1. The Morgan fingerprint density at radius 3 is 2.41 bits per heavy atom. The van der Waals surface area contributed by atoms with Crippen LogP contribution in [0.5, 0.6) is 0 Å². The molecule has 1 fully saturated rings. The summed E-state index contributed by atoms with van der Waals surface area (Å²) in [5.74, 6) is 0.345. The van der Waals surface area contributed by atoms with Crippen LogP contribution in [-0.2, 0) is 10.9 Å². The Labute approximate surface area is 185 Å². The van der Waals surface area contributed by atoms with Crippen LogP contribution in [0.1, 0.15) is 11.1 Å². The van der Waals surface area contributed by atoms with Gasteiger partial charge in [-0.15, -0.1) is 0 Å². The molecule has 4 rings (SSSR count). The molecular weight excluding hydrogens is 417 g/mol. The molecule has 0 unspecified atom stereocenters. The van der Waals surface area contributed by atoms with Gasteiger partial charge in [-0.05, 0) is 42.8 Å². The van der Waals surface area contributed by atoms with Gasteiger partial charge in [-0.2, -0.15) is 13.2 Å². The molecule has 1 aromatic heterocycles. The molecule has 1 N–H and O–H groups in total. The molecule has 5 nitrogen and oxygen atoms in total. The first-order valence-corrected chi connectivity index (χ1v) is 10.4. The number of pyridine rings is 1. The first-order valence-electron chi connectivity index (χ1n) is 10.4. The van der Waals surface area contributed by atoms with Crippen LogP contribution in [0.15, 0.2) is 60.8 Å². The monoisotopic (exact) mass is 442 g/mol. The minimum absolute atomic E-state index is 0.0313. The van der Waals surface area contributed by atoms with Crippen LogP contribution >= 0.6 is 0 Å². The highest BCUT2D eigenvalue weighted by Gasteiger charge is 2.35. The van der Waals surface area contributed by atoms with E-state index < -0.39 is 11.7 Å². The van der Waals surface area contributed by atoms with E-state index in [4.69, 9.17) is 4.74 Å². The summed E-state index contributed by atoms with van der Waals surface area (Å²) < 4.78 is 46.4. The summed E-state index contributed by atoms with van der Waals surface area (Å²) >= 11 is 0. The van der Waals surface area contributed by atoms with Crippen molar-refractivity contribution in [2.75, 3.05) is 48.5 Å². The molecule has 0 atom stereocenters. The van der Waals surface area contributed by atoms with Crippen molar-refractivity contribution in [2.24, 2.45) is 0 Å². The van der Waals surface area contributed by atoms with Gasteiger partial charge >= 0.3 is 6.18 Å². The predicted molar refractivity (Wildman–Crippen MR) is 121 cm³/mol. The van der Waals surface area contributed by atoms with E-state index in [1.54, 1.807) is 31.3 Å². The molecular formula is C24H25F3N4O. The lowest BCUT2D eigenvalue weighted by atomic mass is 10.1. The molecule has 1 aliphatic heterocycles. The number of alkyl halides is 3. The lowest BCUT2D eigenvalue weighted by molar-refractivity contribution is -0.137. The second kappa shape index (κ2) is 9.08. The zero-order valence-corrected chi connectivity index (χ0v) is 18.0. The third-order valence-corrected chi connectivity index (χ3v) is 5.54. The van der Waals surface area contributed by atoms with Crippen LogP contribution in [0, 0.1) is 6.92 Å². The molecule has 3 aromatic rings. The number of nitrogens with zero attached hydrogens (tertiary/aromatic N) is 3. The van der Waals surface area contributed by atoms with Crippen molar-refractivity contribution in [2.45, 2.75) is 13.1 Å². The standard InChI is InChI=1S/C24H25F3N4O/c1-17-14-19(31-10-12-32-13-11-31)8-9-21(17)29-23-15-22(20(16-28-23)24(25,26)27)30(2)18-6-4-3-5-7-18/h3-9,14-16H,10-13H2,1-2H3,(H,28,29). The van der Waals surface area contributed by atoms with Crippen LogP contribution in [0.25, 0.3) is 0 Å². The first kappa shape index (κ1) is 22.0. The maximum Gasteiger partial charge on any atom is 0.419 e. The third kappa shape index (κ3) is 4.80. The highest BCUT2D eigenvalue weighted by atomic mass is 19.4. The Hall–Kier alpha value is -3.26. The summed E-state index contributed by atoms with van der Waals surface area (Å²) in [7, 11) is 1.62. The molecule has 0 aliphatic carbocycles. The lowest BCUT2D eigenvalue weighted by Crippen LogP contribution is -2.36. The van der Waals surface area contributed by atoms with E-state index in [9.17, 15) is 13.2 Å². The molecule has 2 heterocycles. The smallest absolute Gasteiger partial charge is 0.378 e. The molecule has 0 saturated carbocycles. The molecule has 2 aromatic carbocycles. The fraction of sp³-hybridized carbons (Fsp3) is 0.292. The Morgan fingerprint density at radius 2 is 1.75 bits per heavy atom. The van der Waals surface area contributed by atoms with Gasteiger partial charge in [0.15, 0.2) is 0 Å². The van der Waals surface area contributed by atoms with E-state index >= 15 is 0 Å². The van der Waals surface area contributed by atoms with Gasteiger partial charge in [-0.3, -0.25) is 0 Å². The average molecular weight is 442 g/mol. The summed E-state index contributed by atoms with van der Waals surface area (Å²) in [6, 6.07) is 16.4. The van der Waals surface area contributed by atoms with Crippen LogP contribution < -0.4 is 15.1 Å². The Balaban J connectivity index is 1.63. The number of anilines is 5. The van der Waals surface area contributed by atoms with Crippen molar-refractivity contribution < 1.29 is 17.9 Å². The van der Waals surface area contributed by atoms with Gasteiger partial charge < -0.3 is 19.9 Å². The van der Waals surface area contributed by atoms with Gasteiger partial charge in [-0.25, -0.2) is 4.98 Å². The number of rotatable bonds is 5. The highest BCUT2D eigenvalue weighted by molar-refractivity contribution is 5.72. The highest BCUT2D eigenvalue weighted by Crippen LogP contribution is 2.39. The fourth-order valence-electron chi connectivity index (χ4n) is 3.74. The summed E-state index contributed by atoms with van der Waals surface area (Å²) in [4.78, 5) is 7.82. The van der Waals surface area contributed by atoms with Crippen molar-refractivity contribution >= 4 is 28.6 Å². The van der Waals surface area contributed by atoms with E-state index in [1.165, 1.54) is 11.0 Å². The molecule has 1 aliphatic rings. The van der Waals surface area contributed by atoms with E-state index in [2.05, 4.69) is 21.3 Å². The maximum atomic E-state index is 13.7. The SMILES string of the molecule is Cc1cc(N2CCOCC2)ccc1Nc1cc(N(C)c2ccccc2)c(C(F)(F)F)cn1. The summed E-state index contributed by atoms with van der Waals surface area (Å²) in [5.41, 5.74) is 2.77. The van der Waals surface area contributed by atoms with Crippen molar-refractivity contribution in [3.05, 3.63) is 71.9 Å². The zero-order chi connectivity index (χ0) is 22.7. The summed E-state index contributed by atoms with van der Waals surface area (Å²) in [6.45, 7) is 5.04. The largest absolute Gasteiger partial charge is 0.419 e. The number of aromatic nitrogens is 1. The molecule has 0 bridgehead atoms. The normalized spacial score (nSPS) is 14.3. The Bertz CT molecular complexity index is 1070. The molecule has 168 valence electrons. The molecule has 0 amide bonds. The van der Waals surface area contributed by atoms with Gasteiger partial charge in [0.25, 0.3) is 0 Å². The minimum Gasteiger partial charge on any atom is -0.378 e. The number of halogens is 3. The fourth-order valence-corrected chi connectivity index (χ4v) is 3.74. The number of nitrogens with one attached hydrogen (secondary N) is 1. The van der Waals surface area contributed by atoms with Gasteiger partial charge in [-0.1, -0.05) is 18.2 Å². The number of morpholine rings is 1. The second-order valence-corrected chi connectivity index (χ2v) is 7.70. The van der Waals surface area contributed by atoms with Gasteiger partial charge in [0.2, 0.25) is 0 Å². The summed E-state index contributed by atoms with van der Waals surface area (Å²) in [6.07, 6.45) is -3.63. The van der Waals surface area contributed by atoms with Crippen molar-refractivity contribution in [3.63, 3.8) is 0 Å². The van der Waals surface area contributed by atoms with Crippen LogP contribution in [-0.4, -0.2) is 38.3 Å². The lowest BCUT2D eigenvalue weighted by Gasteiger charge is -2.29. The van der Waals surface area contributed by atoms with Gasteiger partial charge in [0, 0.05) is 49.5 Å². The van der Waals surface area contributed by atoms with Gasteiger partial charge in [0.05, 0.1) is 24.5 Å². The van der Waals surface area contributed by atoms with E-state index in [0.717, 1.165) is 36.2 Å². The van der Waals surface area contributed by atoms with Gasteiger partial charge in [0.1, 0.15) is 5.82 Å². The second-order valence-electron chi connectivity index (χ2n) is 7.70. The minimum atomic E-state index is -4.51. The molecule has 1 saturated heterocycles. The van der Waals surface area contributed by atoms with Crippen molar-refractivity contribution in [3.8, 4) is 0 Å². The number of para-hydroxylation sites is 1. The van der Waals surface area contributed by atoms with Crippen LogP contribution in [0.3, 0.4) is 0 Å². The number of hydrogen-bond acceptors (Lipinski definition) is 5. The van der Waals surface area contributed by atoms with E-state index in [1.807, 2.05) is 25.1 Å². The molecule has 8 heteroatoms. The molecule has 0 radical (unpaired) electrons. The number of aryl methyl sites for hydroxylation is 1. The third-order valence-electron chi connectivity index (χ3n) is 5.54. The topological polar surface area (TPSA) is 40.6 Å². The maximum absolute atomic E-state index is 13.7. The molecule has 0 spiro atoms. The molecule has 32 heavy (non-hydrogen) atoms. The van der Waals surface area contributed by atoms with E-state index in [0.29, 0.717) is 24.7 Å². The Morgan fingerprint density at radius 1 is 1.03 bits per heavy atom. The van der Waals surface area contributed by atoms with Crippen LogP contribution in [0.2, 0.25) is 0 Å². The summed E-state index contributed by atoms with van der Waals surface area (Å²) in [5, 5.41) is 3.18. The predicted octanol–water partition coefficient (Wildman–Crippen LogP) is 5.76. The Kier molecular flexibility index (Phi) is 6.23. The number of ether oxygens (including phenoxy) is 1. The number of benzene rings is 2. The quantitative estimate of drug-likeness (QED) is 0.544. The average Bonchev–Trinajstić information content (AvgIpc) is 2.80. The first-order chi connectivity index (χ1) is 15.3. The van der Waals surface area contributed by atoms with Crippen molar-refractivity contribution in [1.82, 2.24) is 4.98 Å². The van der Waals surface area contributed by atoms with Crippen molar-refractivity contribution in [1.29, 1.82) is 0 Å². The van der Waals surface area contributed by atoms with Crippen LogP contribution in [0.4, 0.5) is 41.7 Å². The van der Waals surface area contributed by atoms with E-state index in [-0.39, 0.29) is 5.69 Å².